The van der Waals surface area contributed by atoms with Crippen molar-refractivity contribution in [3.05, 3.63) is 58.7 Å². The molecule has 0 spiro atoms. The summed E-state index contributed by atoms with van der Waals surface area (Å²) in [5, 5.41) is 3.36. The third kappa shape index (κ3) is 2.46. The number of halogens is 1. The van der Waals surface area contributed by atoms with Crippen molar-refractivity contribution in [3.8, 4) is 0 Å². The molecule has 0 bridgehead atoms. The number of anilines is 1. The fourth-order valence-corrected chi connectivity index (χ4v) is 2.28. The molecule has 0 atom stereocenters. The fourth-order valence-electron chi connectivity index (χ4n) is 2.04. The quantitative estimate of drug-likeness (QED) is 0.753. The molecule has 0 aromatic carbocycles. The summed E-state index contributed by atoms with van der Waals surface area (Å²) in [6.45, 7) is 2.75. The van der Waals surface area contributed by atoms with E-state index in [9.17, 15) is 0 Å². The molecule has 0 aliphatic heterocycles. The first kappa shape index (κ1) is 12.2. The molecule has 0 fully saturated rings. The molecule has 0 radical (unpaired) electrons. The van der Waals surface area contributed by atoms with Crippen molar-refractivity contribution in [2.24, 2.45) is 0 Å². The van der Waals surface area contributed by atoms with Gasteiger partial charge in [0.1, 0.15) is 10.3 Å². The van der Waals surface area contributed by atoms with Gasteiger partial charge in [-0.15, -0.1) is 0 Å². The molecule has 0 aliphatic carbocycles. The molecule has 3 rings (SSSR count). The molecule has 3 heterocycles. The predicted molar refractivity (Wildman–Crippen MR) is 79.2 cm³/mol. The van der Waals surface area contributed by atoms with Crippen molar-refractivity contribution < 1.29 is 0 Å². The van der Waals surface area contributed by atoms with Crippen LogP contribution < -0.4 is 5.32 Å². The second-order valence-electron chi connectivity index (χ2n) is 4.30. The average molecular weight is 317 g/mol. The predicted octanol–water partition coefficient (Wildman–Crippen LogP) is 3.41. The molecule has 4 nitrogen and oxygen atoms in total. The minimum atomic E-state index is 0.723. The Hall–Kier alpha value is -1.88. The molecule has 0 amide bonds. The number of imidazole rings is 1. The van der Waals surface area contributed by atoms with Gasteiger partial charge in [-0.1, -0.05) is 6.07 Å². The van der Waals surface area contributed by atoms with Gasteiger partial charge in [0.05, 0.1) is 29.8 Å². The van der Waals surface area contributed by atoms with Gasteiger partial charge >= 0.3 is 0 Å². The Kier molecular flexibility index (Phi) is 3.21. The summed E-state index contributed by atoms with van der Waals surface area (Å²) in [5.74, 6) is 0. The smallest absolute Gasteiger partial charge is 0.137 e. The van der Waals surface area contributed by atoms with E-state index < -0.39 is 0 Å². The van der Waals surface area contributed by atoms with Crippen LogP contribution in [0, 0.1) is 6.92 Å². The van der Waals surface area contributed by atoms with Crippen LogP contribution in [0.2, 0.25) is 0 Å². The number of nitrogens with zero attached hydrogens (tertiary/aromatic N) is 3. The lowest BCUT2D eigenvalue weighted by Crippen LogP contribution is -2.04. The van der Waals surface area contributed by atoms with E-state index in [1.54, 1.807) is 0 Å². The Balaban J connectivity index is 1.85. The van der Waals surface area contributed by atoms with E-state index in [4.69, 9.17) is 0 Å². The summed E-state index contributed by atoms with van der Waals surface area (Å²) in [6.07, 6.45) is 3.84. The minimum absolute atomic E-state index is 0.723. The number of hydrogen-bond donors (Lipinski definition) is 1. The van der Waals surface area contributed by atoms with Crippen molar-refractivity contribution in [1.29, 1.82) is 0 Å². The highest BCUT2D eigenvalue weighted by Gasteiger charge is 2.07. The van der Waals surface area contributed by atoms with Crippen molar-refractivity contribution in [1.82, 2.24) is 14.4 Å². The summed E-state index contributed by atoms with van der Waals surface area (Å²) in [6, 6.07) is 9.94. The van der Waals surface area contributed by atoms with E-state index >= 15 is 0 Å². The number of rotatable bonds is 3. The van der Waals surface area contributed by atoms with Crippen molar-refractivity contribution in [2.45, 2.75) is 13.5 Å². The standard InChI is InChI=1S/C14H13BrN4/c1-10-12(19-7-3-2-4-14(19)18-10)9-16-11-5-6-13(15)17-8-11/h2-8,16H,9H2,1H3. The van der Waals surface area contributed by atoms with Crippen LogP contribution in [0.25, 0.3) is 5.65 Å². The van der Waals surface area contributed by atoms with E-state index in [1.165, 1.54) is 5.69 Å². The monoisotopic (exact) mass is 316 g/mol. The molecule has 0 saturated heterocycles. The maximum absolute atomic E-state index is 4.54. The highest BCUT2D eigenvalue weighted by atomic mass is 79.9. The van der Waals surface area contributed by atoms with Gasteiger partial charge in [0.2, 0.25) is 0 Å². The average Bonchev–Trinajstić information content (AvgIpc) is 2.74. The Bertz CT molecular complexity index is 703. The molecule has 3 aromatic rings. The van der Waals surface area contributed by atoms with Crippen molar-refractivity contribution in [2.75, 3.05) is 5.32 Å². The van der Waals surface area contributed by atoms with Crippen LogP contribution in [0.5, 0.6) is 0 Å². The van der Waals surface area contributed by atoms with E-state index in [0.717, 1.165) is 28.2 Å². The maximum Gasteiger partial charge on any atom is 0.137 e. The van der Waals surface area contributed by atoms with Crippen LogP contribution in [-0.4, -0.2) is 14.4 Å². The van der Waals surface area contributed by atoms with Gasteiger partial charge < -0.3 is 9.72 Å². The van der Waals surface area contributed by atoms with E-state index in [0.29, 0.717) is 0 Å². The zero-order valence-electron chi connectivity index (χ0n) is 10.5. The van der Waals surface area contributed by atoms with Crippen molar-refractivity contribution >= 4 is 27.3 Å². The minimum Gasteiger partial charge on any atom is -0.378 e. The van der Waals surface area contributed by atoms with E-state index in [-0.39, 0.29) is 0 Å². The maximum atomic E-state index is 4.54. The molecule has 0 unspecified atom stereocenters. The molecule has 1 N–H and O–H groups in total. The van der Waals surface area contributed by atoms with Crippen LogP contribution in [-0.2, 0) is 6.54 Å². The third-order valence-electron chi connectivity index (χ3n) is 3.02. The first-order valence-corrected chi connectivity index (χ1v) is 6.81. The van der Waals surface area contributed by atoms with E-state index in [1.807, 2.05) is 49.6 Å². The lowest BCUT2D eigenvalue weighted by Gasteiger charge is -2.07. The summed E-state index contributed by atoms with van der Waals surface area (Å²) in [5.41, 5.74) is 4.18. The van der Waals surface area contributed by atoms with Gasteiger partial charge in [-0.2, -0.15) is 0 Å². The zero-order valence-corrected chi connectivity index (χ0v) is 12.1. The number of fused-ring (bicyclic) bond motifs is 1. The zero-order chi connectivity index (χ0) is 13.2. The van der Waals surface area contributed by atoms with Crippen LogP contribution in [0.4, 0.5) is 5.69 Å². The van der Waals surface area contributed by atoms with Crippen molar-refractivity contribution in [3.63, 3.8) is 0 Å². The Morgan fingerprint density at radius 3 is 2.95 bits per heavy atom. The van der Waals surface area contributed by atoms with Gasteiger partial charge in [-0.05, 0) is 47.1 Å². The Morgan fingerprint density at radius 2 is 2.16 bits per heavy atom. The molecule has 96 valence electrons. The highest BCUT2D eigenvalue weighted by Crippen LogP contribution is 2.15. The van der Waals surface area contributed by atoms with Crippen LogP contribution in [0.1, 0.15) is 11.4 Å². The number of hydrogen-bond acceptors (Lipinski definition) is 3. The number of nitrogens with one attached hydrogen (secondary N) is 1. The van der Waals surface area contributed by atoms with Gasteiger partial charge in [0.25, 0.3) is 0 Å². The first-order chi connectivity index (χ1) is 9.24. The SMILES string of the molecule is Cc1nc2ccccn2c1CNc1ccc(Br)nc1. The lowest BCUT2D eigenvalue weighted by molar-refractivity contribution is 0.984. The van der Waals surface area contributed by atoms with Crippen LogP contribution in [0.15, 0.2) is 47.3 Å². The van der Waals surface area contributed by atoms with Gasteiger partial charge in [-0.3, -0.25) is 0 Å². The lowest BCUT2D eigenvalue weighted by atomic mass is 10.3. The topological polar surface area (TPSA) is 42.2 Å². The van der Waals surface area contributed by atoms with Gasteiger partial charge in [0.15, 0.2) is 0 Å². The fraction of sp³-hybridized carbons (Fsp3) is 0.143. The largest absolute Gasteiger partial charge is 0.378 e. The van der Waals surface area contributed by atoms with Gasteiger partial charge in [-0.25, -0.2) is 9.97 Å². The Morgan fingerprint density at radius 1 is 1.26 bits per heavy atom. The van der Waals surface area contributed by atoms with Gasteiger partial charge in [0, 0.05) is 6.20 Å². The van der Waals surface area contributed by atoms with Crippen LogP contribution in [0.3, 0.4) is 0 Å². The number of pyridine rings is 2. The number of aromatic nitrogens is 3. The summed E-state index contributed by atoms with van der Waals surface area (Å²) >= 11 is 3.33. The second kappa shape index (κ2) is 5.01. The molecule has 19 heavy (non-hydrogen) atoms. The summed E-state index contributed by atoms with van der Waals surface area (Å²) < 4.78 is 2.94. The molecule has 0 aliphatic rings. The Labute approximate surface area is 119 Å². The second-order valence-corrected chi connectivity index (χ2v) is 5.11. The van der Waals surface area contributed by atoms with E-state index in [2.05, 4.69) is 35.6 Å². The normalized spacial score (nSPS) is 10.8. The highest BCUT2D eigenvalue weighted by molar-refractivity contribution is 9.10. The summed E-state index contributed by atoms with van der Waals surface area (Å²) in [4.78, 5) is 8.73. The molecular formula is C14H13BrN4. The third-order valence-corrected chi connectivity index (χ3v) is 3.49. The molecular weight excluding hydrogens is 304 g/mol. The molecule has 0 saturated carbocycles. The van der Waals surface area contributed by atoms with Crippen LogP contribution >= 0.6 is 15.9 Å². The molecule has 3 aromatic heterocycles. The first-order valence-electron chi connectivity index (χ1n) is 6.02. The molecule has 5 heteroatoms. The number of aryl methyl sites for hydroxylation is 1. The summed E-state index contributed by atoms with van der Waals surface area (Å²) in [7, 11) is 0.